The Morgan fingerprint density at radius 1 is 0.459 bits per heavy atom. The number of hydrogen-bond acceptors (Lipinski definition) is 7. The Morgan fingerprint density at radius 2 is 0.811 bits per heavy atom. The lowest BCUT2D eigenvalue weighted by atomic mass is 9.70. The van der Waals surface area contributed by atoms with E-state index in [4.69, 9.17) is 19.3 Å². The fraction of sp³-hybridized carbons (Fsp3) is 0.545. The van der Waals surface area contributed by atoms with E-state index in [1.165, 1.54) is 33.4 Å². The first-order valence-corrected chi connectivity index (χ1v) is 28.2. The number of carbonyl (C=O) groups excluding carboxylic acids is 1. The zero-order valence-electron chi connectivity index (χ0n) is 48.1. The molecule has 0 aromatic heterocycles. The zero-order valence-corrected chi connectivity index (χ0v) is 48.1. The van der Waals surface area contributed by atoms with Crippen molar-refractivity contribution in [1.82, 2.24) is 0 Å². The number of hydrogen-bond donors (Lipinski definition) is 3. The quantitative estimate of drug-likeness (QED) is 0.0337. The van der Waals surface area contributed by atoms with Gasteiger partial charge in [0.2, 0.25) is 0 Å². The van der Waals surface area contributed by atoms with Gasteiger partial charge in [-0.1, -0.05) is 140 Å². The normalized spacial score (nSPS) is 12.3. The van der Waals surface area contributed by atoms with Crippen molar-refractivity contribution < 1.29 is 39.1 Å². The predicted molar refractivity (Wildman–Crippen MR) is 309 cm³/mol. The number of aliphatic hydroxyl groups is 2. The van der Waals surface area contributed by atoms with Crippen LogP contribution in [0.25, 0.3) is 12.2 Å². The monoisotopic (exact) mass is 1020 g/mol. The maximum absolute atomic E-state index is 11.5. The molecule has 4 aromatic carbocycles. The van der Waals surface area contributed by atoms with E-state index in [-0.39, 0.29) is 23.2 Å². The minimum atomic E-state index is -0.748. The van der Waals surface area contributed by atoms with Crippen molar-refractivity contribution in [2.24, 2.45) is 0 Å². The molecule has 0 bridgehead atoms. The number of benzene rings is 4. The zero-order chi connectivity index (χ0) is 55.0. The molecule has 4 rings (SSSR count). The summed E-state index contributed by atoms with van der Waals surface area (Å²) in [6.45, 7) is 29.2. The van der Waals surface area contributed by atoms with E-state index in [9.17, 15) is 19.8 Å². The fourth-order valence-electron chi connectivity index (χ4n) is 10.2. The molecule has 0 amide bonds. The highest BCUT2D eigenvalue weighted by Crippen LogP contribution is 2.43. The van der Waals surface area contributed by atoms with Gasteiger partial charge >= 0.3 is 11.9 Å². The second kappa shape index (κ2) is 31.0. The van der Waals surface area contributed by atoms with Crippen molar-refractivity contribution in [3.63, 3.8) is 0 Å². The summed E-state index contributed by atoms with van der Waals surface area (Å²) < 4.78 is 17.1. The van der Waals surface area contributed by atoms with Gasteiger partial charge in [0.25, 0.3) is 0 Å². The largest absolute Gasteiger partial charge is 0.493 e. The van der Waals surface area contributed by atoms with E-state index in [1.54, 1.807) is 0 Å². The third-order valence-electron chi connectivity index (χ3n) is 16.0. The number of unbranched alkanes of at least 4 members (excludes halogenated alkanes) is 4. The third kappa shape index (κ3) is 17.7. The molecule has 0 heterocycles. The summed E-state index contributed by atoms with van der Waals surface area (Å²) in [5.41, 5.74) is 10.6. The van der Waals surface area contributed by atoms with Crippen molar-refractivity contribution in [3.05, 3.63) is 141 Å². The minimum absolute atomic E-state index is 0.0725. The molecular weight excluding hydrogens is 921 g/mol. The Hall–Kier alpha value is -5.18. The summed E-state index contributed by atoms with van der Waals surface area (Å²) in [7, 11) is 0. The van der Waals surface area contributed by atoms with Gasteiger partial charge in [0.05, 0.1) is 31.0 Å². The van der Waals surface area contributed by atoms with Crippen LogP contribution >= 0.6 is 0 Å². The predicted octanol–water partition coefficient (Wildman–Crippen LogP) is 16.5. The van der Waals surface area contributed by atoms with Crippen LogP contribution in [0, 0.1) is 27.7 Å². The Morgan fingerprint density at radius 3 is 1.12 bits per heavy atom. The first-order chi connectivity index (χ1) is 35.3. The second-order valence-electron chi connectivity index (χ2n) is 20.5. The third-order valence-corrected chi connectivity index (χ3v) is 16.0. The Bertz CT molecular complexity index is 2390. The molecule has 74 heavy (non-hydrogen) atoms. The van der Waals surface area contributed by atoms with Crippen molar-refractivity contribution in [3.8, 4) is 11.5 Å². The molecule has 4 aromatic rings. The van der Waals surface area contributed by atoms with Gasteiger partial charge in [-0.05, 0) is 192 Å². The van der Waals surface area contributed by atoms with Gasteiger partial charge in [-0.25, -0.2) is 0 Å². The topological polar surface area (TPSA) is 123 Å². The highest BCUT2D eigenvalue weighted by Gasteiger charge is 2.33. The van der Waals surface area contributed by atoms with E-state index in [0.717, 1.165) is 91.5 Å². The number of carboxylic acid groups (broad SMARTS) is 1. The second-order valence-corrected chi connectivity index (χ2v) is 20.5. The van der Waals surface area contributed by atoms with Crippen LogP contribution in [0.3, 0.4) is 0 Å². The Kier molecular flexibility index (Phi) is 26.4. The summed E-state index contributed by atoms with van der Waals surface area (Å²) >= 11 is 0. The summed E-state index contributed by atoms with van der Waals surface area (Å²) in [4.78, 5) is 22.1. The molecule has 0 aliphatic carbocycles. The molecule has 0 saturated heterocycles. The molecule has 0 aliphatic rings. The number of ether oxygens (including phenoxy) is 3. The molecule has 0 radical (unpaired) electrons. The molecule has 0 atom stereocenters. The van der Waals surface area contributed by atoms with Crippen LogP contribution in [-0.2, 0) is 25.2 Å². The van der Waals surface area contributed by atoms with Gasteiger partial charge < -0.3 is 29.5 Å². The van der Waals surface area contributed by atoms with Crippen LogP contribution in [0.5, 0.6) is 11.5 Å². The van der Waals surface area contributed by atoms with Crippen LogP contribution in [0.2, 0.25) is 0 Å². The van der Waals surface area contributed by atoms with Crippen LogP contribution < -0.4 is 9.47 Å². The minimum Gasteiger partial charge on any atom is -0.493 e. The molecule has 0 spiro atoms. The summed E-state index contributed by atoms with van der Waals surface area (Å²) in [6.07, 6.45) is 20.7. The smallest absolute Gasteiger partial charge is 0.305 e. The molecule has 3 N–H and O–H groups in total. The van der Waals surface area contributed by atoms with E-state index >= 15 is 0 Å². The molecule has 8 nitrogen and oxygen atoms in total. The van der Waals surface area contributed by atoms with E-state index in [1.807, 2.05) is 46.8 Å². The molecule has 0 fully saturated rings. The summed E-state index contributed by atoms with van der Waals surface area (Å²) in [6, 6.07) is 26.7. The summed E-state index contributed by atoms with van der Waals surface area (Å²) in [5.74, 6) is 0.973. The van der Waals surface area contributed by atoms with Crippen molar-refractivity contribution in [2.75, 3.05) is 19.8 Å². The van der Waals surface area contributed by atoms with Gasteiger partial charge in [-0.15, -0.1) is 0 Å². The van der Waals surface area contributed by atoms with Crippen molar-refractivity contribution in [2.45, 2.75) is 215 Å². The summed E-state index contributed by atoms with van der Waals surface area (Å²) in [5, 5.41) is 30.0. The van der Waals surface area contributed by atoms with Gasteiger partial charge in [-0.3, -0.25) is 9.59 Å². The number of rotatable bonds is 31. The highest BCUT2D eigenvalue weighted by atomic mass is 16.5. The van der Waals surface area contributed by atoms with Crippen LogP contribution in [0.1, 0.15) is 221 Å². The van der Waals surface area contributed by atoms with E-state index in [0.29, 0.717) is 58.3 Å². The van der Waals surface area contributed by atoms with Gasteiger partial charge in [-0.2, -0.15) is 0 Å². The molecule has 0 unspecified atom stereocenters. The number of esters is 1. The van der Waals surface area contributed by atoms with E-state index in [2.05, 4.69) is 140 Å². The van der Waals surface area contributed by atoms with Crippen molar-refractivity contribution in [1.29, 1.82) is 0 Å². The maximum atomic E-state index is 11.5. The molecular formula is C66H96O8. The molecule has 0 aliphatic heterocycles. The Labute approximate surface area is 448 Å². The van der Waals surface area contributed by atoms with Gasteiger partial charge in [0, 0.05) is 23.7 Å². The van der Waals surface area contributed by atoms with Gasteiger partial charge in [0.1, 0.15) is 11.5 Å². The van der Waals surface area contributed by atoms with Crippen LogP contribution in [0.15, 0.2) is 84.9 Å². The molecule has 8 heteroatoms. The maximum Gasteiger partial charge on any atom is 0.305 e. The van der Waals surface area contributed by atoms with Crippen molar-refractivity contribution >= 4 is 24.1 Å². The van der Waals surface area contributed by atoms with Crippen LogP contribution in [0.4, 0.5) is 0 Å². The Balaban J connectivity index is 0.000000391. The lowest BCUT2D eigenvalue weighted by molar-refractivity contribution is -0.143. The van der Waals surface area contributed by atoms with Crippen LogP contribution in [-0.4, -0.2) is 58.3 Å². The molecule has 408 valence electrons. The molecule has 0 saturated carbocycles. The highest BCUT2D eigenvalue weighted by molar-refractivity contribution is 5.69. The first-order valence-electron chi connectivity index (χ1n) is 28.2. The number of aryl methyl sites for hydroxylation is 4. The number of carbonyl (C=O) groups is 2. The number of aliphatic carboxylic acids is 1. The lowest BCUT2D eigenvalue weighted by Crippen LogP contribution is -2.26. The first kappa shape index (κ1) is 63.1. The SMILES string of the molecule is CCC(O)(/C=C/c1ccc(C(CC)(CC)c2ccc(OCCCCCC(=O)O)c(C)c2)cc1C)CC.CCOC(=O)CCCCCOc1ccc(C(CC)(CC)c2ccc(/C=C/C(O)(CC)CC)c(C)c2)cc1C. The average Bonchev–Trinajstić information content (AvgIpc) is 3.39. The van der Waals surface area contributed by atoms with E-state index < -0.39 is 17.2 Å². The fourth-order valence-corrected chi connectivity index (χ4v) is 10.2. The average molecular weight is 1020 g/mol. The standard InChI is InChI=1S/C34H50O4.C32H46O4/c1-8-33(36,9-2)22-21-28-17-18-29(24-26(28)6)34(10-3,11-4)30-19-20-31(27(7)25-30)38-23-15-13-14-16-32(35)37-12-5;1-7-31(35,8-2)20-19-26-15-16-27(22-24(26)5)32(9-3,10-4)28-17-18-29(25(6)23-28)36-21-13-11-12-14-30(33)34/h17-22,24-25,36H,8-16,23H2,1-7H3;15-20,22-23,35H,7-14,21H2,1-6H3,(H,33,34)/b22-21+;20-19+. The lowest BCUT2D eigenvalue weighted by Gasteiger charge is -2.34. The van der Waals surface area contributed by atoms with Gasteiger partial charge in [0.15, 0.2) is 0 Å². The number of carboxylic acids is 1.